The SMILES string of the molecule is O=C1CCN1C(=O)OC1CCCCC1. The van der Waals surface area contributed by atoms with Crippen LogP contribution in [0, 0.1) is 0 Å². The Morgan fingerprint density at radius 1 is 1.29 bits per heavy atom. The highest BCUT2D eigenvalue weighted by atomic mass is 16.6. The molecule has 2 aliphatic rings. The van der Waals surface area contributed by atoms with Gasteiger partial charge in [0.05, 0.1) is 0 Å². The summed E-state index contributed by atoms with van der Waals surface area (Å²) in [6.45, 7) is 0.532. The van der Waals surface area contributed by atoms with Gasteiger partial charge >= 0.3 is 6.09 Å². The third kappa shape index (κ3) is 1.89. The molecule has 0 spiro atoms. The number of hydrogen-bond donors (Lipinski definition) is 0. The smallest absolute Gasteiger partial charge is 0.416 e. The van der Waals surface area contributed by atoms with Crippen molar-refractivity contribution in [1.29, 1.82) is 0 Å². The van der Waals surface area contributed by atoms with E-state index in [9.17, 15) is 9.59 Å². The predicted molar refractivity (Wildman–Crippen MR) is 49.7 cm³/mol. The highest BCUT2D eigenvalue weighted by Gasteiger charge is 2.32. The van der Waals surface area contributed by atoms with Crippen molar-refractivity contribution in [3.05, 3.63) is 0 Å². The highest BCUT2D eigenvalue weighted by Crippen LogP contribution is 2.22. The van der Waals surface area contributed by atoms with Gasteiger partial charge in [0.15, 0.2) is 0 Å². The molecule has 2 rings (SSSR count). The van der Waals surface area contributed by atoms with Gasteiger partial charge in [0, 0.05) is 13.0 Å². The van der Waals surface area contributed by atoms with E-state index in [4.69, 9.17) is 4.74 Å². The summed E-state index contributed by atoms with van der Waals surface area (Å²) in [5.41, 5.74) is 0. The fourth-order valence-electron chi connectivity index (χ4n) is 1.90. The van der Waals surface area contributed by atoms with Crippen LogP contribution in [0.1, 0.15) is 38.5 Å². The van der Waals surface area contributed by atoms with Crippen molar-refractivity contribution < 1.29 is 14.3 Å². The number of amides is 2. The summed E-state index contributed by atoms with van der Waals surface area (Å²) < 4.78 is 5.23. The molecule has 78 valence electrons. The standard InChI is InChI=1S/C10H15NO3/c12-9-6-7-11(9)10(13)14-8-4-2-1-3-5-8/h8H,1-7H2. The first-order valence-electron chi connectivity index (χ1n) is 5.28. The van der Waals surface area contributed by atoms with Crippen LogP contribution in [0.2, 0.25) is 0 Å². The number of carbonyl (C=O) groups excluding carboxylic acids is 2. The van der Waals surface area contributed by atoms with Crippen molar-refractivity contribution in [3.63, 3.8) is 0 Å². The van der Waals surface area contributed by atoms with Gasteiger partial charge in [-0.3, -0.25) is 4.79 Å². The Labute approximate surface area is 83.2 Å². The number of β-lactam (4-membered cyclic amide) rings is 1. The molecule has 0 radical (unpaired) electrons. The monoisotopic (exact) mass is 197 g/mol. The van der Waals surface area contributed by atoms with Crippen LogP contribution in [-0.2, 0) is 9.53 Å². The minimum Gasteiger partial charge on any atom is -0.446 e. The summed E-state index contributed by atoms with van der Waals surface area (Å²) in [5, 5.41) is 0. The molecule has 1 aliphatic carbocycles. The molecule has 1 saturated carbocycles. The maximum atomic E-state index is 11.4. The molecule has 1 aliphatic heterocycles. The fourth-order valence-corrected chi connectivity index (χ4v) is 1.90. The summed E-state index contributed by atoms with van der Waals surface area (Å²) in [7, 11) is 0. The zero-order valence-corrected chi connectivity index (χ0v) is 8.20. The number of carbonyl (C=O) groups is 2. The second-order valence-electron chi connectivity index (χ2n) is 3.94. The first kappa shape index (κ1) is 9.49. The van der Waals surface area contributed by atoms with Crippen molar-refractivity contribution in [2.75, 3.05) is 6.54 Å². The van der Waals surface area contributed by atoms with E-state index < -0.39 is 6.09 Å². The van der Waals surface area contributed by atoms with Gasteiger partial charge in [0.2, 0.25) is 5.91 Å². The van der Waals surface area contributed by atoms with Crippen LogP contribution in [0.25, 0.3) is 0 Å². The molecule has 0 unspecified atom stereocenters. The summed E-state index contributed by atoms with van der Waals surface area (Å²) in [6.07, 6.45) is 5.49. The van der Waals surface area contributed by atoms with E-state index in [-0.39, 0.29) is 12.0 Å². The second kappa shape index (κ2) is 3.98. The van der Waals surface area contributed by atoms with Gasteiger partial charge < -0.3 is 4.74 Å². The third-order valence-corrected chi connectivity index (χ3v) is 2.89. The Morgan fingerprint density at radius 3 is 2.50 bits per heavy atom. The van der Waals surface area contributed by atoms with Crippen LogP contribution >= 0.6 is 0 Å². The molecule has 0 bridgehead atoms. The Balaban J connectivity index is 1.78. The molecule has 4 heteroatoms. The number of ether oxygens (including phenoxy) is 1. The lowest BCUT2D eigenvalue weighted by Gasteiger charge is -2.30. The molecule has 1 heterocycles. The average molecular weight is 197 g/mol. The average Bonchev–Trinajstić information content (AvgIpc) is 2.17. The molecule has 1 saturated heterocycles. The lowest BCUT2D eigenvalue weighted by molar-refractivity contribution is -0.137. The van der Waals surface area contributed by atoms with E-state index in [0.717, 1.165) is 25.7 Å². The van der Waals surface area contributed by atoms with Crippen molar-refractivity contribution in [2.45, 2.75) is 44.6 Å². The van der Waals surface area contributed by atoms with E-state index in [1.165, 1.54) is 11.3 Å². The first-order valence-corrected chi connectivity index (χ1v) is 5.28. The largest absolute Gasteiger partial charge is 0.446 e. The third-order valence-electron chi connectivity index (χ3n) is 2.89. The maximum Gasteiger partial charge on any atom is 0.416 e. The minimum absolute atomic E-state index is 0.0460. The highest BCUT2D eigenvalue weighted by molar-refractivity contribution is 5.96. The van der Waals surface area contributed by atoms with Gasteiger partial charge in [-0.25, -0.2) is 9.69 Å². The number of rotatable bonds is 1. The van der Waals surface area contributed by atoms with Crippen LogP contribution < -0.4 is 0 Å². The Kier molecular flexibility index (Phi) is 2.70. The first-order chi connectivity index (χ1) is 6.77. The van der Waals surface area contributed by atoms with Gasteiger partial charge in [-0.15, -0.1) is 0 Å². The van der Waals surface area contributed by atoms with E-state index in [1.54, 1.807) is 0 Å². The molecular formula is C10H15NO3. The lowest BCUT2D eigenvalue weighted by Crippen LogP contribution is -2.48. The summed E-state index contributed by atoms with van der Waals surface area (Å²) in [4.78, 5) is 23.5. The lowest BCUT2D eigenvalue weighted by atomic mass is 9.98. The summed E-state index contributed by atoms with van der Waals surface area (Å²) in [5.74, 6) is -0.106. The van der Waals surface area contributed by atoms with Gasteiger partial charge in [-0.2, -0.15) is 0 Å². The van der Waals surface area contributed by atoms with Crippen LogP contribution in [0.3, 0.4) is 0 Å². The number of nitrogens with zero attached hydrogens (tertiary/aromatic N) is 1. The Bertz CT molecular complexity index is 246. The molecule has 4 nitrogen and oxygen atoms in total. The molecule has 0 aromatic carbocycles. The Morgan fingerprint density at radius 2 is 2.00 bits per heavy atom. The van der Waals surface area contributed by atoms with Crippen LogP contribution in [0.4, 0.5) is 4.79 Å². The molecule has 14 heavy (non-hydrogen) atoms. The zero-order valence-electron chi connectivity index (χ0n) is 8.20. The van der Waals surface area contributed by atoms with Crippen molar-refractivity contribution in [3.8, 4) is 0 Å². The molecule has 0 aromatic heterocycles. The normalized spacial score (nSPS) is 23.1. The fraction of sp³-hybridized carbons (Fsp3) is 0.800. The van der Waals surface area contributed by atoms with Crippen molar-refractivity contribution in [1.82, 2.24) is 4.90 Å². The quantitative estimate of drug-likeness (QED) is 0.601. The molecular weight excluding hydrogens is 182 g/mol. The molecule has 0 atom stereocenters. The summed E-state index contributed by atoms with van der Waals surface area (Å²) >= 11 is 0. The maximum absolute atomic E-state index is 11.4. The van der Waals surface area contributed by atoms with Crippen LogP contribution in [0.15, 0.2) is 0 Å². The molecule has 0 N–H and O–H groups in total. The van der Waals surface area contributed by atoms with Gasteiger partial charge in [0.1, 0.15) is 6.10 Å². The number of likely N-dealkylation sites (tertiary alicyclic amines) is 1. The topological polar surface area (TPSA) is 46.6 Å². The minimum atomic E-state index is -0.437. The molecule has 2 fully saturated rings. The van der Waals surface area contributed by atoms with E-state index in [0.29, 0.717) is 13.0 Å². The Hall–Kier alpha value is -1.06. The number of hydrogen-bond acceptors (Lipinski definition) is 3. The van der Waals surface area contributed by atoms with E-state index in [1.807, 2.05) is 0 Å². The van der Waals surface area contributed by atoms with Gasteiger partial charge in [-0.1, -0.05) is 6.42 Å². The van der Waals surface area contributed by atoms with Crippen LogP contribution in [0.5, 0.6) is 0 Å². The summed E-state index contributed by atoms with van der Waals surface area (Å²) in [6, 6.07) is 0. The van der Waals surface area contributed by atoms with Crippen molar-refractivity contribution in [2.24, 2.45) is 0 Å². The van der Waals surface area contributed by atoms with Gasteiger partial charge in [0.25, 0.3) is 0 Å². The predicted octanol–water partition coefficient (Wildman–Crippen LogP) is 1.69. The molecule has 2 amide bonds. The van der Waals surface area contributed by atoms with Crippen LogP contribution in [-0.4, -0.2) is 29.5 Å². The molecule has 0 aromatic rings. The number of imide groups is 1. The van der Waals surface area contributed by atoms with Gasteiger partial charge in [-0.05, 0) is 25.7 Å². The van der Waals surface area contributed by atoms with E-state index in [2.05, 4.69) is 0 Å². The van der Waals surface area contributed by atoms with Crippen molar-refractivity contribution >= 4 is 12.0 Å². The zero-order chi connectivity index (χ0) is 9.97. The second-order valence-corrected chi connectivity index (χ2v) is 3.94. The van der Waals surface area contributed by atoms with E-state index >= 15 is 0 Å².